The Labute approximate surface area is 154 Å². The number of para-hydroxylation sites is 1. The van der Waals surface area contributed by atoms with Crippen molar-refractivity contribution in [2.45, 2.75) is 26.2 Å². The Hall–Kier alpha value is -2.75. The average Bonchev–Trinajstić information content (AvgIpc) is 3.27. The molecule has 2 N–H and O–H groups in total. The van der Waals surface area contributed by atoms with E-state index in [1.165, 1.54) is 23.1 Å². The summed E-state index contributed by atoms with van der Waals surface area (Å²) in [5, 5.41) is 4.21. The lowest BCUT2D eigenvalue weighted by molar-refractivity contribution is -0.116. The van der Waals surface area contributed by atoms with Gasteiger partial charge < -0.3 is 15.2 Å². The number of carbonyl (C=O) groups is 1. The summed E-state index contributed by atoms with van der Waals surface area (Å²) < 4.78 is 0. The molecule has 1 atom stereocenters. The number of amides is 1. The van der Waals surface area contributed by atoms with Crippen molar-refractivity contribution in [2.75, 3.05) is 23.3 Å². The highest BCUT2D eigenvalue weighted by molar-refractivity contribution is 5.91. The standard InChI is InChI=1S/C22H25N3O/c1-16-12-13-25(15-16)19-9-7-18(8-10-19)24-22(26)11-6-17-14-23-21-5-3-2-4-20(17)21/h2-5,7-10,14,16,23H,6,11-13,15H2,1H3,(H,24,26). The molecule has 1 aromatic heterocycles. The minimum atomic E-state index is 0.0535. The summed E-state index contributed by atoms with van der Waals surface area (Å²) in [5.41, 5.74) is 4.42. The van der Waals surface area contributed by atoms with Crippen LogP contribution in [0.15, 0.2) is 54.7 Å². The summed E-state index contributed by atoms with van der Waals surface area (Å²) in [5.74, 6) is 0.816. The maximum absolute atomic E-state index is 12.3. The molecule has 4 nitrogen and oxygen atoms in total. The van der Waals surface area contributed by atoms with Crippen LogP contribution in [-0.4, -0.2) is 24.0 Å². The van der Waals surface area contributed by atoms with Gasteiger partial charge in [-0.25, -0.2) is 0 Å². The third kappa shape index (κ3) is 3.59. The molecule has 26 heavy (non-hydrogen) atoms. The molecule has 1 amide bonds. The van der Waals surface area contributed by atoms with Gasteiger partial charge in [0.1, 0.15) is 0 Å². The summed E-state index contributed by atoms with van der Waals surface area (Å²) in [4.78, 5) is 18.0. The third-order valence-electron chi connectivity index (χ3n) is 5.24. The predicted octanol–water partition coefficient (Wildman–Crippen LogP) is 4.59. The number of anilines is 2. The van der Waals surface area contributed by atoms with Crippen molar-refractivity contribution < 1.29 is 4.79 Å². The van der Waals surface area contributed by atoms with Crippen LogP contribution < -0.4 is 10.2 Å². The Morgan fingerprint density at radius 3 is 2.77 bits per heavy atom. The molecule has 0 radical (unpaired) electrons. The van der Waals surface area contributed by atoms with Crippen LogP contribution in [0.5, 0.6) is 0 Å². The lowest BCUT2D eigenvalue weighted by Gasteiger charge is -2.18. The van der Waals surface area contributed by atoms with Gasteiger partial charge in [-0.3, -0.25) is 4.79 Å². The number of benzene rings is 2. The highest BCUT2D eigenvalue weighted by atomic mass is 16.1. The van der Waals surface area contributed by atoms with Gasteiger partial charge in [-0.2, -0.15) is 0 Å². The number of fused-ring (bicyclic) bond motifs is 1. The molecule has 1 unspecified atom stereocenters. The van der Waals surface area contributed by atoms with E-state index in [0.29, 0.717) is 6.42 Å². The summed E-state index contributed by atoms with van der Waals surface area (Å²) in [6, 6.07) is 16.4. The molecule has 4 rings (SSSR count). The van der Waals surface area contributed by atoms with Gasteiger partial charge in [0.05, 0.1) is 0 Å². The van der Waals surface area contributed by atoms with Crippen LogP contribution in [0.4, 0.5) is 11.4 Å². The summed E-state index contributed by atoms with van der Waals surface area (Å²) in [6.07, 6.45) is 4.48. The van der Waals surface area contributed by atoms with E-state index < -0.39 is 0 Å². The zero-order valence-electron chi connectivity index (χ0n) is 15.2. The molecule has 2 heterocycles. The lowest BCUT2D eigenvalue weighted by atomic mass is 10.1. The van der Waals surface area contributed by atoms with Crippen molar-refractivity contribution in [3.05, 3.63) is 60.3 Å². The second-order valence-electron chi connectivity index (χ2n) is 7.29. The fourth-order valence-corrected chi connectivity index (χ4v) is 3.74. The molecule has 1 saturated heterocycles. The van der Waals surface area contributed by atoms with Gasteiger partial charge in [-0.15, -0.1) is 0 Å². The minimum absolute atomic E-state index is 0.0535. The summed E-state index contributed by atoms with van der Waals surface area (Å²) in [6.45, 7) is 4.54. The van der Waals surface area contributed by atoms with Gasteiger partial charge >= 0.3 is 0 Å². The number of nitrogens with zero attached hydrogens (tertiary/aromatic N) is 1. The Morgan fingerprint density at radius 1 is 1.19 bits per heavy atom. The molecule has 2 aromatic carbocycles. The van der Waals surface area contributed by atoms with Crippen molar-refractivity contribution in [3.63, 3.8) is 0 Å². The zero-order valence-corrected chi connectivity index (χ0v) is 15.2. The fraction of sp³-hybridized carbons (Fsp3) is 0.318. The number of nitrogens with one attached hydrogen (secondary N) is 2. The Morgan fingerprint density at radius 2 is 2.00 bits per heavy atom. The van der Waals surface area contributed by atoms with Crippen molar-refractivity contribution in [1.29, 1.82) is 0 Å². The van der Waals surface area contributed by atoms with Gasteiger partial charge in [0.15, 0.2) is 0 Å². The minimum Gasteiger partial charge on any atom is -0.371 e. The van der Waals surface area contributed by atoms with E-state index in [9.17, 15) is 4.79 Å². The monoisotopic (exact) mass is 347 g/mol. The second-order valence-corrected chi connectivity index (χ2v) is 7.29. The van der Waals surface area contributed by atoms with E-state index in [1.807, 2.05) is 30.5 Å². The first kappa shape index (κ1) is 16.7. The topological polar surface area (TPSA) is 48.1 Å². The first-order chi connectivity index (χ1) is 12.7. The Balaban J connectivity index is 1.33. The van der Waals surface area contributed by atoms with E-state index in [-0.39, 0.29) is 5.91 Å². The molecule has 0 bridgehead atoms. The largest absolute Gasteiger partial charge is 0.371 e. The first-order valence-corrected chi connectivity index (χ1v) is 9.39. The van der Waals surface area contributed by atoms with Gasteiger partial charge in [0.2, 0.25) is 5.91 Å². The molecule has 1 fully saturated rings. The normalized spacial score (nSPS) is 17.0. The Kier molecular flexibility index (Phi) is 4.65. The number of H-pyrrole nitrogens is 1. The van der Waals surface area contributed by atoms with Crippen LogP contribution in [0.3, 0.4) is 0 Å². The second kappa shape index (κ2) is 7.24. The Bertz CT molecular complexity index is 897. The number of carbonyl (C=O) groups excluding carboxylic acids is 1. The van der Waals surface area contributed by atoms with E-state index in [2.05, 4.69) is 46.4 Å². The van der Waals surface area contributed by atoms with Crippen LogP contribution in [-0.2, 0) is 11.2 Å². The van der Waals surface area contributed by atoms with Gasteiger partial charge in [0, 0.05) is 48.0 Å². The number of aromatic amines is 1. The molecule has 0 saturated carbocycles. The van der Waals surface area contributed by atoms with Gasteiger partial charge in [-0.1, -0.05) is 25.1 Å². The van der Waals surface area contributed by atoms with E-state index in [4.69, 9.17) is 0 Å². The highest BCUT2D eigenvalue weighted by Crippen LogP contribution is 2.25. The molecule has 1 aliphatic heterocycles. The number of rotatable bonds is 5. The van der Waals surface area contributed by atoms with Crippen LogP contribution in [0.1, 0.15) is 25.3 Å². The molecular formula is C22H25N3O. The smallest absolute Gasteiger partial charge is 0.224 e. The van der Waals surface area contributed by atoms with Crippen LogP contribution in [0.25, 0.3) is 10.9 Å². The number of aromatic nitrogens is 1. The number of aryl methyl sites for hydroxylation is 1. The predicted molar refractivity (Wildman–Crippen MR) is 108 cm³/mol. The van der Waals surface area contributed by atoms with Gasteiger partial charge in [0.25, 0.3) is 0 Å². The van der Waals surface area contributed by atoms with Crippen LogP contribution in [0.2, 0.25) is 0 Å². The van der Waals surface area contributed by atoms with Crippen molar-refractivity contribution in [2.24, 2.45) is 5.92 Å². The van der Waals surface area contributed by atoms with Crippen LogP contribution in [0, 0.1) is 5.92 Å². The molecular weight excluding hydrogens is 322 g/mol. The van der Waals surface area contributed by atoms with Crippen molar-refractivity contribution in [1.82, 2.24) is 4.98 Å². The molecule has 3 aromatic rings. The first-order valence-electron chi connectivity index (χ1n) is 9.39. The average molecular weight is 347 g/mol. The summed E-state index contributed by atoms with van der Waals surface area (Å²) in [7, 11) is 0. The number of hydrogen-bond acceptors (Lipinski definition) is 2. The molecule has 134 valence electrons. The number of hydrogen-bond donors (Lipinski definition) is 2. The van der Waals surface area contributed by atoms with E-state index in [0.717, 1.165) is 36.6 Å². The molecule has 0 spiro atoms. The van der Waals surface area contributed by atoms with E-state index >= 15 is 0 Å². The maximum Gasteiger partial charge on any atom is 0.224 e. The molecule has 0 aliphatic carbocycles. The fourth-order valence-electron chi connectivity index (χ4n) is 3.74. The highest BCUT2D eigenvalue weighted by Gasteiger charge is 2.18. The molecule has 1 aliphatic rings. The quantitative estimate of drug-likeness (QED) is 0.709. The molecule has 4 heteroatoms. The van der Waals surface area contributed by atoms with E-state index in [1.54, 1.807) is 0 Å². The zero-order chi connectivity index (χ0) is 17.9. The van der Waals surface area contributed by atoms with Crippen molar-refractivity contribution in [3.8, 4) is 0 Å². The van der Waals surface area contributed by atoms with Gasteiger partial charge in [-0.05, 0) is 54.7 Å². The third-order valence-corrected chi connectivity index (χ3v) is 5.24. The lowest BCUT2D eigenvalue weighted by Crippen LogP contribution is -2.19. The maximum atomic E-state index is 12.3. The van der Waals surface area contributed by atoms with Crippen LogP contribution >= 0.6 is 0 Å². The SMILES string of the molecule is CC1CCN(c2ccc(NC(=O)CCc3c[nH]c4ccccc34)cc2)C1. The summed E-state index contributed by atoms with van der Waals surface area (Å²) >= 11 is 0. The van der Waals surface area contributed by atoms with Crippen molar-refractivity contribution >= 4 is 28.2 Å².